The third-order valence-electron chi connectivity index (χ3n) is 1.02. The summed E-state index contributed by atoms with van der Waals surface area (Å²) in [7, 11) is 0. The molecule has 0 radical (unpaired) electrons. The molecule has 60 valence electrons. The predicted molar refractivity (Wildman–Crippen MR) is 52.1 cm³/mol. The Kier molecular flexibility index (Phi) is 5.09. The first-order valence-corrected chi connectivity index (χ1v) is 3.70. The second kappa shape index (κ2) is 5.66. The van der Waals surface area contributed by atoms with Gasteiger partial charge in [-0.2, -0.15) is 0 Å². The van der Waals surface area contributed by atoms with Crippen LogP contribution in [0.4, 0.5) is 0 Å². The molecule has 0 fully saturated rings. The smallest absolute Gasteiger partial charge is 0.0571 e. The molecule has 0 atom stereocenters. The van der Waals surface area contributed by atoms with Gasteiger partial charge in [0, 0.05) is 6.04 Å². The Morgan fingerprint density at radius 3 is 2.36 bits per heavy atom. The Morgan fingerprint density at radius 2 is 2.00 bits per heavy atom. The summed E-state index contributed by atoms with van der Waals surface area (Å²) in [5, 5.41) is 0. The largest absolute Gasteiger partial charge is 0.283 e. The average molecular weight is 149 g/mol. The Bertz CT molecular complexity index is 185. The number of aliphatic imine (C=N–C) groups is 1. The molecule has 0 saturated carbocycles. The quantitative estimate of drug-likeness (QED) is 0.430. The van der Waals surface area contributed by atoms with Gasteiger partial charge in [-0.05, 0) is 26.0 Å². The molecular formula is C10H15N. The van der Waals surface area contributed by atoms with E-state index in [0.29, 0.717) is 6.04 Å². The Balaban J connectivity index is 4.27. The van der Waals surface area contributed by atoms with Crippen molar-refractivity contribution >= 4 is 5.71 Å². The number of nitrogens with zero attached hydrogens (tertiary/aromatic N) is 1. The first kappa shape index (κ1) is 9.89. The molecule has 0 spiro atoms. The van der Waals surface area contributed by atoms with E-state index in [2.05, 4.69) is 18.2 Å². The molecule has 0 amide bonds. The van der Waals surface area contributed by atoms with Gasteiger partial charge in [0.15, 0.2) is 0 Å². The minimum atomic E-state index is 0.317. The summed E-state index contributed by atoms with van der Waals surface area (Å²) in [6.45, 7) is 11.3. The van der Waals surface area contributed by atoms with Crippen LogP contribution in [0.2, 0.25) is 0 Å². The van der Waals surface area contributed by atoms with Gasteiger partial charge in [-0.15, -0.1) is 0 Å². The maximum atomic E-state index is 4.30. The minimum absolute atomic E-state index is 0.317. The van der Waals surface area contributed by atoms with Crippen molar-refractivity contribution in [1.82, 2.24) is 0 Å². The lowest BCUT2D eigenvalue weighted by atomic mass is 10.3. The normalized spacial score (nSPS) is 12.5. The van der Waals surface area contributed by atoms with E-state index in [1.807, 2.05) is 26.0 Å². The predicted octanol–water partition coefficient (Wildman–Crippen LogP) is 2.76. The topological polar surface area (TPSA) is 12.4 Å². The number of allylic oxidation sites excluding steroid dienone is 4. The molecule has 0 aliphatic heterocycles. The van der Waals surface area contributed by atoms with E-state index in [0.717, 1.165) is 5.71 Å². The third-order valence-corrected chi connectivity index (χ3v) is 1.02. The summed E-state index contributed by atoms with van der Waals surface area (Å²) in [5.41, 5.74) is 0.903. The van der Waals surface area contributed by atoms with E-state index in [9.17, 15) is 0 Å². The van der Waals surface area contributed by atoms with E-state index in [-0.39, 0.29) is 0 Å². The fourth-order valence-corrected chi connectivity index (χ4v) is 0.629. The summed E-state index contributed by atoms with van der Waals surface area (Å²) in [6.07, 6.45) is 7.20. The molecule has 0 aliphatic rings. The molecule has 0 heterocycles. The Hall–Kier alpha value is -1.11. The molecular weight excluding hydrogens is 134 g/mol. The van der Waals surface area contributed by atoms with Crippen LogP contribution in [0.15, 0.2) is 42.5 Å². The van der Waals surface area contributed by atoms with Gasteiger partial charge in [0.2, 0.25) is 0 Å². The van der Waals surface area contributed by atoms with Crippen molar-refractivity contribution in [3.8, 4) is 0 Å². The lowest BCUT2D eigenvalue weighted by Crippen LogP contribution is -1.95. The van der Waals surface area contributed by atoms with Crippen molar-refractivity contribution in [3.05, 3.63) is 37.5 Å². The van der Waals surface area contributed by atoms with Gasteiger partial charge < -0.3 is 0 Å². The van der Waals surface area contributed by atoms with Gasteiger partial charge in [0.1, 0.15) is 0 Å². The molecule has 0 bridgehead atoms. The molecule has 1 nitrogen and oxygen atoms in total. The lowest BCUT2D eigenvalue weighted by Gasteiger charge is -1.96. The van der Waals surface area contributed by atoms with Crippen LogP contribution < -0.4 is 0 Å². The fraction of sp³-hybridized carbons (Fsp3) is 0.300. The van der Waals surface area contributed by atoms with E-state index in [1.165, 1.54) is 0 Å². The average Bonchev–Trinajstić information content (AvgIpc) is 1.97. The maximum absolute atomic E-state index is 4.30. The first-order valence-electron chi connectivity index (χ1n) is 3.70. The van der Waals surface area contributed by atoms with Crippen molar-refractivity contribution < 1.29 is 0 Å². The number of hydrogen-bond donors (Lipinski definition) is 0. The highest BCUT2D eigenvalue weighted by atomic mass is 14.8. The van der Waals surface area contributed by atoms with Crippen molar-refractivity contribution in [1.29, 1.82) is 0 Å². The lowest BCUT2D eigenvalue weighted by molar-refractivity contribution is 0.838. The SMILES string of the molecule is C=C/C=C\C(C=C)=N\C(C)C. The summed E-state index contributed by atoms with van der Waals surface area (Å²) in [6, 6.07) is 0.317. The molecule has 11 heavy (non-hydrogen) atoms. The van der Waals surface area contributed by atoms with E-state index in [4.69, 9.17) is 0 Å². The summed E-state index contributed by atoms with van der Waals surface area (Å²) < 4.78 is 0. The summed E-state index contributed by atoms with van der Waals surface area (Å²) in [5.74, 6) is 0. The molecule has 0 aromatic carbocycles. The molecule has 0 unspecified atom stereocenters. The van der Waals surface area contributed by atoms with Gasteiger partial charge in [0.05, 0.1) is 5.71 Å². The second-order valence-electron chi connectivity index (χ2n) is 2.45. The van der Waals surface area contributed by atoms with Crippen molar-refractivity contribution in [2.45, 2.75) is 19.9 Å². The van der Waals surface area contributed by atoms with Crippen LogP contribution in [0.25, 0.3) is 0 Å². The van der Waals surface area contributed by atoms with Crippen LogP contribution in [0.3, 0.4) is 0 Å². The van der Waals surface area contributed by atoms with Crippen molar-refractivity contribution in [2.24, 2.45) is 4.99 Å². The van der Waals surface area contributed by atoms with E-state index < -0.39 is 0 Å². The van der Waals surface area contributed by atoms with Crippen LogP contribution in [0.1, 0.15) is 13.8 Å². The van der Waals surface area contributed by atoms with Gasteiger partial charge in [-0.3, -0.25) is 4.99 Å². The van der Waals surface area contributed by atoms with Crippen LogP contribution in [-0.4, -0.2) is 11.8 Å². The molecule has 0 aliphatic carbocycles. The fourth-order valence-electron chi connectivity index (χ4n) is 0.629. The van der Waals surface area contributed by atoms with Crippen LogP contribution >= 0.6 is 0 Å². The third kappa shape index (κ3) is 5.34. The van der Waals surface area contributed by atoms with Gasteiger partial charge in [-0.1, -0.05) is 25.3 Å². The molecule has 0 aromatic rings. The highest BCUT2D eigenvalue weighted by Gasteiger charge is 1.88. The number of rotatable bonds is 4. The second-order valence-corrected chi connectivity index (χ2v) is 2.45. The number of hydrogen-bond acceptors (Lipinski definition) is 1. The Labute approximate surface area is 68.9 Å². The van der Waals surface area contributed by atoms with Crippen LogP contribution in [0, 0.1) is 0 Å². The zero-order valence-corrected chi connectivity index (χ0v) is 7.25. The van der Waals surface area contributed by atoms with E-state index in [1.54, 1.807) is 12.2 Å². The summed E-state index contributed by atoms with van der Waals surface area (Å²) in [4.78, 5) is 4.30. The zero-order chi connectivity index (χ0) is 8.69. The maximum Gasteiger partial charge on any atom is 0.0571 e. The summed E-state index contributed by atoms with van der Waals surface area (Å²) >= 11 is 0. The van der Waals surface area contributed by atoms with Crippen LogP contribution in [-0.2, 0) is 0 Å². The van der Waals surface area contributed by atoms with Crippen LogP contribution in [0.5, 0.6) is 0 Å². The molecule has 0 rings (SSSR count). The monoisotopic (exact) mass is 149 g/mol. The van der Waals surface area contributed by atoms with Crippen molar-refractivity contribution in [3.63, 3.8) is 0 Å². The molecule has 1 heteroatoms. The molecule has 0 saturated heterocycles. The van der Waals surface area contributed by atoms with E-state index >= 15 is 0 Å². The standard InChI is InChI=1S/C10H15N/c1-5-7-8-10(6-2)11-9(3)4/h5-9H,1-2H2,3-4H3/b8-7-,11-10+. The van der Waals surface area contributed by atoms with Gasteiger partial charge >= 0.3 is 0 Å². The van der Waals surface area contributed by atoms with Gasteiger partial charge in [0.25, 0.3) is 0 Å². The minimum Gasteiger partial charge on any atom is -0.283 e. The Morgan fingerprint density at radius 1 is 1.36 bits per heavy atom. The molecule has 0 aromatic heterocycles. The van der Waals surface area contributed by atoms with Crippen molar-refractivity contribution in [2.75, 3.05) is 0 Å². The molecule has 0 N–H and O–H groups in total. The highest BCUT2D eigenvalue weighted by Crippen LogP contribution is 1.91. The highest BCUT2D eigenvalue weighted by molar-refractivity contribution is 6.03. The first-order chi connectivity index (χ1) is 5.20. The van der Waals surface area contributed by atoms with Gasteiger partial charge in [-0.25, -0.2) is 0 Å². The zero-order valence-electron chi connectivity index (χ0n) is 7.25.